The molecule has 2 aromatic rings. The van der Waals surface area contributed by atoms with E-state index in [0.29, 0.717) is 12.0 Å². The minimum absolute atomic E-state index is 0.663. The number of aromatic amines is 1. The Morgan fingerprint density at radius 2 is 1.77 bits per heavy atom. The summed E-state index contributed by atoms with van der Waals surface area (Å²) in [7, 11) is 0. The van der Waals surface area contributed by atoms with Gasteiger partial charge in [0.05, 0.1) is 11.2 Å². The predicted molar refractivity (Wildman–Crippen MR) is 93.8 cm³/mol. The maximum atomic E-state index is 3.80. The van der Waals surface area contributed by atoms with Crippen molar-refractivity contribution in [3.05, 3.63) is 29.5 Å². The van der Waals surface area contributed by atoms with E-state index >= 15 is 0 Å². The Morgan fingerprint density at radius 1 is 1.00 bits per heavy atom. The van der Waals surface area contributed by atoms with Crippen molar-refractivity contribution in [2.24, 2.45) is 0 Å². The molecule has 1 aliphatic heterocycles. The maximum absolute atomic E-state index is 3.80. The van der Waals surface area contributed by atoms with Gasteiger partial charge in [0.25, 0.3) is 0 Å². The van der Waals surface area contributed by atoms with Crippen LogP contribution < -0.4 is 10.6 Å². The van der Waals surface area contributed by atoms with Crippen LogP contribution in [-0.2, 0) is 0 Å². The van der Waals surface area contributed by atoms with Gasteiger partial charge in [-0.15, -0.1) is 0 Å². The molecule has 0 unspecified atom stereocenters. The molecule has 1 aliphatic carbocycles. The van der Waals surface area contributed by atoms with Gasteiger partial charge >= 0.3 is 0 Å². The number of benzene rings is 1. The van der Waals surface area contributed by atoms with Crippen LogP contribution in [-0.4, -0.2) is 24.1 Å². The molecule has 3 heteroatoms. The number of anilines is 1. The Bertz CT molecular complexity index is 646. The summed E-state index contributed by atoms with van der Waals surface area (Å²) in [5, 5.41) is 8.63. The smallest absolute Gasteiger partial charge is 0.0692 e. The summed E-state index contributed by atoms with van der Waals surface area (Å²) in [4.78, 5) is 3.74. The van der Waals surface area contributed by atoms with Crippen molar-refractivity contribution >= 4 is 16.6 Å². The van der Waals surface area contributed by atoms with Crippen LogP contribution in [0.5, 0.6) is 0 Å². The largest absolute Gasteiger partial charge is 0.381 e. The second-order valence-corrected chi connectivity index (χ2v) is 7.15. The summed E-state index contributed by atoms with van der Waals surface area (Å²) in [6.45, 7) is 4.49. The van der Waals surface area contributed by atoms with Crippen LogP contribution in [0.1, 0.15) is 55.7 Å². The summed E-state index contributed by atoms with van der Waals surface area (Å²) >= 11 is 0. The maximum Gasteiger partial charge on any atom is 0.0692 e. The Labute approximate surface area is 132 Å². The van der Waals surface area contributed by atoms with Crippen LogP contribution in [0.25, 0.3) is 10.9 Å². The molecule has 22 heavy (non-hydrogen) atoms. The van der Waals surface area contributed by atoms with E-state index in [-0.39, 0.29) is 0 Å². The van der Waals surface area contributed by atoms with E-state index < -0.39 is 0 Å². The molecule has 3 N–H and O–H groups in total. The van der Waals surface area contributed by atoms with E-state index in [1.807, 2.05) is 0 Å². The van der Waals surface area contributed by atoms with Crippen molar-refractivity contribution in [3.63, 3.8) is 0 Å². The highest BCUT2D eigenvalue weighted by molar-refractivity contribution is 5.92. The number of aryl methyl sites for hydroxylation is 1. The SMILES string of the molecule is Cc1cc(NC2CCCC2)c2[nH]c(C3CCNCC3)cc2c1. The highest BCUT2D eigenvalue weighted by atomic mass is 14.9. The number of piperidine rings is 1. The third kappa shape index (κ3) is 2.74. The molecule has 0 amide bonds. The molecule has 1 saturated carbocycles. The number of hydrogen-bond acceptors (Lipinski definition) is 2. The first-order chi connectivity index (χ1) is 10.8. The van der Waals surface area contributed by atoms with Gasteiger partial charge in [-0.05, 0) is 69.5 Å². The molecule has 1 aromatic carbocycles. The molecule has 2 heterocycles. The Hall–Kier alpha value is -1.48. The minimum atomic E-state index is 0.663. The number of aromatic nitrogens is 1. The van der Waals surface area contributed by atoms with Crippen LogP contribution in [0.2, 0.25) is 0 Å². The zero-order valence-corrected chi connectivity index (χ0v) is 13.5. The van der Waals surface area contributed by atoms with Crippen molar-refractivity contribution in [2.75, 3.05) is 18.4 Å². The van der Waals surface area contributed by atoms with Crippen molar-refractivity contribution in [1.29, 1.82) is 0 Å². The van der Waals surface area contributed by atoms with Crippen molar-refractivity contribution in [2.45, 2.75) is 57.4 Å². The van der Waals surface area contributed by atoms with E-state index in [9.17, 15) is 0 Å². The standard InChI is InChI=1S/C19H27N3/c1-13-10-15-12-17(14-6-8-20-9-7-14)22-19(15)18(11-13)21-16-4-2-3-5-16/h10-12,14,16,20-22H,2-9H2,1H3. The molecule has 1 saturated heterocycles. The summed E-state index contributed by atoms with van der Waals surface area (Å²) in [5.74, 6) is 0.688. The summed E-state index contributed by atoms with van der Waals surface area (Å²) in [6.07, 6.45) is 7.87. The number of fused-ring (bicyclic) bond motifs is 1. The predicted octanol–water partition coefficient (Wildman–Crippen LogP) is 4.30. The van der Waals surface area contributed by atoms with Crippen LogP contribution in [0.4, 0.5) is 5.69 Å². The van der Waals surface area contributed by atoms with Crippen LogP contribution >= 0.6 is 0 Å². The van der Waals surface area contributed by atoms with Crippen molar-refractivity contribution in [3.8, 4) is 0 Å². The van der Waals surface area contributed by atoms with Gasteiger partial charge in [0.2, 0.25) is 0 Å². The number of hydrogen-bond donors (Lipinski definition) is 3. The molecule has 1 aromatic heterocycles. The van der Waals surface area contributed by atoms with Gasteiger partial charge in [0.1, 0.15) is 0 Å². The molecule has 118 valence electrons. The lowest BCUT2D eigenvalue weighted by atomic mass is 9.95. The van der Waals surface area contributed by atoms with Gasteiger partial charge in [-0.25, -0.2) is 0 Å². The van der Waals surface area contributed by atoms with Crippen molar-refractivity contribution < 1.29 is 0 Å². The number of nitrogens with one attached hydrogen (secondary N) is 3. The van der Waals surface area contributed by atoms with E-state index in [0.717, 1.165) is 13.1 Å². The van der Waals surface area contributed by atoms with E-state index in [4.69, 9.17) is 0 Å². The molecule has 0 spiro atoms. The van der Waals surface area contributed by atoms with Crippen LogP contribution in [0, 0.1) is 6.92 Å². The molecular weight excluding hydrogens is 270 g/mol. The third-order valence-electron chi connectivity index (χ3n) is 5.39. The molecule has 2 fully saturated rings. The van der Waals surface area contributed by atoms with E-state index in [2.05, 4.69) is 40.7 Å². The molecule has 2 aliphatic rings. The average molecular weight is 297 g/mol. The van der Waals surface area contributed by atoms with Crippen molar-refractivity contribution in [1.82, 2.24) is 10.3 Å². The van der Waals surface area contributed by atoms with E-state index in [1.54, 1.807) is 0 Å². The Morgan fingerprint density at radius 3 is 2.55 bits per heavy atom. The van der Waals surface area contributed by atoms with Gasteiger partial charge < -0.3 is 15.6 Å². The number of H-pyrrole nitrogens is 1. The second kappa shape index (κ2) is 5.96. The summed E-state index contributed by atoms with van der Waals surface area (Å²) in [6, 6.07) is 7.67. The fourth-order valence-corrected chi connectivity index (χ4v) is 4.17. The monoisotopic (exact) mass is 297 g/mol. The Balaban J connectivity index is 1.67. The topological polar surface area (TPSA) is 39.9 Å². The first-order valence-electron chi connectivity index (χ1n) is 8.90. The van der Waals surface area contributed by atoms with Gasteiger partial charge in [0, 0.05) is 23.0 Å². The third-order valence-corrected chi connectivity index (χ3v) is 5.39. The molecular formula is C19H27N3. The fourth-order valence-electron chi connectivity index (χ4n) is 4.17. The molecule has 4 rings (SSSR count). The molecule has 3 nitrogen and oxygen atoms in total. The van der Waals surface area contributed by atoms with Gasteiger partial charge in [-0.3, -0.25) is 0 Å². The van der Waals surface area contributed by atoms with Gasteiger partial charge in [-0.2, -0.15) is 0 Å². The first-order valence-corrected chi connectivity index (χ1v) is 8.90. The van der Waals surface area contributed by atoms with Gasteiger partial charge in [0.15, 0.2) is 0 Å². The number of rotatable bonds is 3. The normalized spacial score (nSPS) is 20.8. The molecule has 0 atom stereocenters. The quantitative estimate of drug-likeness (QED) is 0.790. The molecule has 0 radical (unpaired) electrons. The Kier molecular flexibility index (Phi) is 3.83. The molecule has 0 bridgehead atoms. The second-order valence-electron chi connectivity index (χ2n) is 7.15. The van der Waals surface area contributed by atoms with Gasteiger partial charge in [-0.1, -0.05) is 12.8 Å². The van der Waals surface area contributed by atoms with Crippen LogP contribution in [0.3, 0.4) is 0 Å². The zero-order chi connectivity index (χ0) is 14.9. The lowest BCUT2D eigenvalue weighted by Gasteiger charge is -2.21. The average Bonchev–Trinajstić information content (AvgIpc) is 3.17. The highest BCUT2D eigenvalue weighted by Crippen LogP contribution is 2.33. The lowest BCUT2D eigenvalue weighted by molar-refractivity contribution is 0.455. The first kappa shape index (κ1) is 14.1. The van der Waals surface area contributed by atoms with Crippen LogP contribution in [0.15, 0.2) is 18.2 Å². The minimum Gasteiger partial charge on any atom is -0.381 e. The highest BCUT2D eigenvalue weighted by Gasteiger charge is 2.20. The van der Waals surface area contributed by atoms with E-state index in [1.165, 1.54) is 66.4 Å². The zero-order valence-electron chi connectivity index (χ0n) is 13.5. The summed E-state index contributed by atoms with van der Waals surface area (Å²) < 4.78 is 0. The summed E-state index contributed by atoms with van der Waals surface area (Å²) in [5.41, 5.74) is 5.40. The lowest BCUT2D eigenvalue weighted by Crippen LogP contribution is -2.26. The fraction of sp³-hybridized carbons (Fsp3) is 0.579.